The van der Waals surface area contributed by atoms with E-state index in [0.29, 0.717) is 11.8 Å². The van der Waals surface area contributed by atoms with Crippen LogP contribution in [0.15, 0.2) is 97.1 Å². The normalized spacial score (nSPS) is 15.6. The van der Waals surface area contributed by atoms with Crippen LogP contribution in [-0.4, -0.2) is 4.90 Å². The SMILES string of the molecule is C=C/C=C\C(=C/C=C)N(C(/C=C\C)=C/C)C(/C=C\C)=C/C(C)C(C)C. The standard InChI is InChI=1S/C24H35N/c1-9-14-18-23(16-11-3)25(22(13-5)15-10-2)24(17-12-4)19-21(8)20(6)7/h9-21H,1,3H2,2,4-8H3/b15-10-,17-12-,18-14-,22-13+,23-16+,24-19+. The van der Waals surface area contributed by atoms with E-state index in [9.17, 15) is 0 Å². The summed E-state index contributed by atoms with van der Waals surface area (Å²) in [5, 5.41) is 0. The number of hydrogen-bond donors (Lipinski definition) is 0. The summed E-state index contributed by atoms with van der Waals surface area (Å²) in [5.41, 5.74) is 3.31. The van der Waals surface area contributed by atoms with Gasteiger partial charge in [-0.15, -0.1) is 0 Å². The molecule has 0 fully saturated rings. The maximum atomic E-state index is 3.88. The Labute approximate surface area is 155 Å². The molecule has 0 aromatic rings. The van der Waals surface area contributed by atoms with Gasteiger partial charge in [-0.25, -0.2) is 0 Å². The average Bonchev–Trinajstić information content (AvgIpc) is 2.58. The van der Waals surface area contributed by atoms with Crippen LogP contribution in [0.25, 0.3) is 0 Å². The lowest BCUT2D eigenvalue weighted by Crippen LogP contribution is -2.20. The lowest BCUT2D eigenvalue weighted by Gasteiger charge is -2.29. The van der Waals surface area contributed by atoms with Gasteiger partial charge in [-0.05, 0) is 56.9 Å². The summed E-state index contributed by atoms with van der Waals surface area (Å²) < 4.78 is 0. The topological polar surface area (TPSA) is 3.24 Å². The highest BCUT2D eigenvalue weighted by atomic mass is 15.2. The molecule has 0 bridgehead atoms. The first-order valence-electron chi connectivity index (χ1n) is 9.02. The molecule has 0 heterocycles. The van der Waals surface area contributed by atoms with Crippen LogP contribution in [0.1, 0.15) is 41.5 Å². The van der Waals surface area contributed by atoms with Crippen LogP contribution in [0.5, 0.6) is 0 Å². The number of rotatable bonds is 10. The number of hydrogen-bond acceptors (Lipinski definition) is 1. The molecule has 0 aliphatic carbocycles. The third-order valence-electron chi connectivity index (χ3n) is 3.92. The average molecular weight is 338 g/mol. The van der Waals surface area contributed by atoms with Crippen molar-refractivity contribution >= 4 is 0 Å². The van der Waals surface area contributed by atoms with E-state index >= 15 is 0 Å². The molecule has 25 heavy (non-hydrogen) atoms. The zero-order valence-electron chi connectivity index (χ0n) is 16.9. The Hall–Kier alpha value is -2.28. The van der Waals surface area contributed by atoms with E-state index in [2.05, 4.69) is 88.3 Å². The van der Waals surface area contributed by atoms with E-state index < -0.39 is 0 Å². The Morgan fingerprint density at radius 1 is 0.800 bits per heavy atom. The van der Waals surface area contributed by atoms with Crippen LogP contribution in [-0.2, 0) is 0 Å². The molecule has 0 saturated heterocycles. The largest absolute Gasteiger partial charge is 0.311 e. The minimum Gasteiger partial charge on any atom is -0.311 e. The van der Waals surface area contributed by atoms with E-state index in [-0.39, 0.29) is 0 Å². The van der Waals surface area contributed by atoms with Crippen LogP contribution in [0, 0.1) is 11.8 Å². The summed E-state index contributed by atoms with van der Waals surface area (Å²) in [4.78, 5) is 2.25. The molecule has 0 aromatic carbocycles. The Morgan fingerprint density at radius 3 is 1.84 bits per heavy atom. The highest BCUT2D eigenvalue weighted by Gasteiger charge is 2.15. The highest BCUT2D eigenvalue weighted by molar-refractivity contribution is 5.40. The van der Waals surface area contributed by atoms with Gasteiger partial charge in [0, 0.05) is 17.1 Å². The summed E-state index contributed by atoms with van der Waals surface area (Å²) in [6.07, 6.45) is 22.5. The molecule has 0 saturated carbocycles. The van der Waals surface area contributed by atoms with Crippen molar-refractivity contribution in [3.05, 3.63) is 97.1 Å². The molecule has 1 unspecified atom stereocenters. The molecule has 0 spiro atoms. The molecular weight excluding hydrogens is 302 g/mol. The second-order valence-electron chi connectivity index (χ2n) is 6.17. The first kappa shape index (κ1) is 22.7. The van der Waals surface area contributed by atoms with Crippen LogP contribution >= 0.6 is 0 Å². The second kappa shape index (κ2) is 13.1. The van der Waals surface area contributed by atoms with Crippen molar-refractivity contribution < 1.29 is 0 Å². The fourth-order valence-electron chi connectivity index (χ4n) is 2.25. The second-order valence-corrected chi connectivity index (χ2v) is 6.17. The molecular formula is C24H35N. The van der Waals surface area contributed by atoms with Crippen molar-refractivity contribution in [3.8, 4) is 0 Å². The summed E-state index contributed by atoms with van der Waals surface area (Å²) in [6, 6.07) is 0. The molecule has 1 atom stereocenters. The molecule has 1 nitrogen and oxygen atoms in total. The predicted molar refractivity (Wildman–Crippen MR) is 115 cm³/mol. The van der Waals surface area contributed by atoms with E-state index in [1.54, 1.807) is 6.08 Å². The third-order valence-corrected chi connectivity index (χ3v) is 3.92. The summed E-state index contributed by atoms with van der Waals surface area (Å²) in [5.74, 6) is 1.04. The molecule has 1 heteroatoms. The molecule has 0 aliphatic heterocycles. The Kier molecular flexibility index (Phi) is 11.9. The van der Waals surface area contributed by atoms with Crippen molar-refractivity contribution in [2.75, 3.05) is 0 Å². The van der Waals surface area contributed by atoms with Crippen LogP contribution in [0.3, 0.4) is 0 Å². The van der Waals surface area contributed by atoms with Gasteiger partial charge in [-0.1, -0.05) is 76.5 Å². The van der Waals surface area contributed by atoms with Gasteiger partial charge in [-0.3, -0.25) is 0 Å². The first-order valence-corrected chi connectivity index (χ1v) is 9.02. The lowest BCUT2D eigenvalue weighted by molar-refractivity contribution is 0.485. The van der Waals surface area contributed by atoms with Crippen molar-refractivity contribution in [2.45, 2.75) is 41.5 Å². The van der Waals surface area contributed by atoms with E-state index in [1.807, 2.05) is 32.1 Å². The van der Waals surface area contributed by atoms with Gasteiger partial charge < -0.3 is 4.90 Å². The molecule has 0 aromatic heterocycles. The Morgan fingerprint density at radius 2 is 1.40 bits per heavy atom. The molecule has 0 amide bonds. The summed E-state index contributed by atoms with van der Waals surface area (Å²) >= 11 is 0. The predicted octanol–water partition coefficient (Wildman–Crippen LogP) is 7.33. The monoisotopic (exact) mass is 337 g/mol. The van der Waals surface area contributed by atoms with Gasteiger partial charge in [0.1, 0.15) is 0 Å². The Bertz CT molecular complexity index is 592. The summed E-state index contributed by atoms with van der Waals surface area (Å²) in [6.45, 7) is 20.6. The minimum atomic E-state index is 0.464. The minimum absolute atomic E-state index is 0.464. The highest BCUT2D eigenvalue weighted by Crippen LogP contribution is 2.26. The lowest BCUT2D eigenvalue weighted by atomic mass is 9.96. The van der Waals surface area contributed by atoms with Gasteiger partial charge in [0.15, 0.2) is 0 Å². The summed E-state index contributed by atoms with van der Waals surface area (Å²) in [7, 11) is 0. The van der Waals surface area contributed by atoms with Crippen LogP contribution < -0.4 is 0 Å². The van der Waals surface area contributed by atoms with E-state index in [1.165, 1.54) is 0 Å². The van der Waals surface area contributed by atoms with Crippen molar-refractivity contribution in [2.24, 2.45) is 11.8 Å². The third kappa shape index (κ3) is 7.89. The molecule has 0 aliphatic rings. The van der Waals surface area contributed by atoms with Gasteiger partial charge in [0.25, 0.3) is 0 Å². The maximum absolute atomic E-state index is 3.88. The van der Waals surface area contributed by atoms with Crippen LogP contribution in [0.4, 0.5) is 0 Å². The maximum Gasteiger partial charge on any atom is 0.0461 e. The zero-order valence-corrected chi connectivity index (χ0v) is 16.9. The fraction of sp³-hybridized carbons (Fsp3) is 0.333. The van der Waals surface area contributed by atoms with Gasteiger partial charge >= 0.3 is 0 Å². The molecule has 0 radical (unpaired) electrons. The quantitative estimate of drug-likeness (QED) is 0.377. The number of allylic oxidation sites excluding steroid dienone is 11. The van der Waals surface area contributed by atoms with E-state index in [0.717, 1.165) is 17.1 Å². The van der Waals surface area contributed by atoms with Gasteiger partial charge in [0.2, 0.25) is 0 Å². The smallest absolute Gasteiger partial charge is 0.0461 e. The molecule has 136 valence electrons. The Balaban J connectivity index is 6.49. The first-order chi connectivity index (χ1) is 12.0. The zero-order chi connectivity index (χ0) is 19.2. The van der Waals surface area contributed by atoms with E-state index in [4.69, 9.17) is 0 Å². The van der Waals surface area contributed by atoms with Crippen molar-refractivity contribution in [3.63, 3.8) is 0 Å². The van der Waals surface area contributed by atoms with Crippen molar-refractivity contribution in [1.29, 1.82) is 0 Å². The molecule has 0 N–H and O–H groups in total. The molecule has 0 rings (SSSR count). The van der Waals surface area contributed by atoms with Crippen molar-refractivity contribution in [1.82, 2.24) is 4.90 Å². The fourth-order valence-corrected chi connectivity index (χ4v) is 2.25. The van der Waals surface area contributed by atoms with Gasteiger partial charge in [0.05, 0.1) is 0 Å². The van der Waals surface area contributed by atoms with Crippen LogP contribution in [0.2, 0.25) is 0 Å². The van der Waals surface area contributed by atoms with Gasteiger partial charge in [-0.2, -0.15) is 0 Å². The number of nitrogens with zero attached hydrogens (tertiary/aromatic N) is 1.